The molecule has 1 unspecified atom stereocenters. The molecule has 1 N–H and O–H groups in total. The van der Waals surface area contributed by atoms with Crippen molar-refractivity contribution in [3.63, 3.8) is 0 Å². The maximum atomic E-state index is 13.1. The fraction of sp³-hybridized carbons (Fsp3) is 0.375. The minimum atomic E-state index is -4.33. The third-order valence-electron chi connectivity index (χ3n) is 3.25. The molecule has 2 rings (SSSR count). The predicted molar refractivity (Wildman–Crippen MR) is 81.5 cm³/mol. The SMILES string of the molecule is CCCNC(C)c1ccc(-c2ccccc2C(F)(F)F)s1. The van der Waals surface area contributed by atoms with Crippen molar-refractivity contribution in [1.82, 2.24) is 5.32 Å². The van der Waals surface area contributed by atoms with Gasteiger partial charge in [0.25, 0.3) is 0 Å². The summed E-state index contributed by atoms with van der Waals surface area (Å²) in [7, 11) is 0. The molecule has 0 bridgehead atoms. The minimum absolute atomic E-state index is 0.154. The Morgan fingerprint density at radius 3 is 2.52 bits per heavy atom. The second kappa shape index (κ2) is 6.62. The summed E-state index contributed by atoms with van der Waals surface area (Å²) in [6.07, 6.45) is -3.30. The average molecular weight is 313 g/mol. The Morgan fingerprint density at radius 1 is 1.14 bits per heavy atom. The third-order valence-corrected chi connectivity index (χ3v) is 4.55. The number of rotatable bonds is 5. The Bertz CT molecular complexity index is 589. The first-order valence-electron chi connectivity index (χ1n) is 6.93. The first-order valence-corrected chi connectivity index (χ1v) is 7.75. The highest BCUT2D eigenvalue weighted by Crippen LogP contribution is 2.40. The second-order valence-corrected chi connectivity index (χ2v) is 6.04. The lowest BCUT2D eigenvalue weighted by Crippen LogP contribution is -2.18. The van der Waals surface area contributed by atoms with E-state index in [1.165, 1.54) is 23.5 Å². The molecule has 21 heavy (non-hydrogen) atoms. The van der Waals surface area contributed by atoms with Crippen LogP contribution in [0, 0.1) is 0 Å². The van der Waals surface area contributed by atoms with Crippen LogP contribution in [0.5, 0.6) is 0 Å². The van der Waals surface area contributed by atoms with Gasteiger partial charge < -0.3 is 5.32 Å². The summed E-state index contributed by atoms with van der Waals surface area (Å²) >= 11 is 1.41. The highest BCUT2D eigenvalue weighted by Gasteiger charge is 2.33. The van der Waals surface area contributed by atoms with E-state index in [2.05, 4.69) is 12.2 Å². The molecule has 1 nitrogen and oxygen atoms in total. The molecule has 1 heterocycles. The van der Waals surface area contributed by atoms with Gasteiger partial charge in [-0.1, -0.05) is 25.1 Å². The summed E-state index contributed by atoms with van der Waals surface area (Å²) in [6.45, 7) is 5.01. The average Bonchev–Trinajstić information content (AvgIpc) is 2.93. The fourth-order valence-electron chi connectivity index (χ4n) is 2.14. The van der Waals surface area contributed by atoms with E-state index in [0.717, 1.165) is 23.9 Å². The van der Waals surface area contributed by atoms with Crippen LogP contribution in [0.15, 0.2) is 36.4 Å². The van der Waals surface area contributed by atoms with E-state index < -0.39 is 11.7 Å². The normalized spacial score (nSPS) is 13.4. The van der Waals surface area contributed by atoms with Gasteiger partial charge in [0, 0.05) is 21.4 Å². The highest BCUT2D eigenvalue weighted by atomic mass is 32.1. The third kappa shape index (κ3) is 3.86. The molecule has 0 aliphatic heterocycles. The van der Waals surface area contributed by atoms with Gasteiger partial charge in [0.05, 0.1) is 5.56 Å². The zero-order valence-electron chi connectivity index (χ0n) is 12.0. The summed E-state index contributed by atoms with van der Waals surface area (Å²) in [5.41, 5.74) is -0.323. The van der Waals surface area contributed by atoms with Crippen LogP contribution in [0.4, 0.5) is 13.2 Å². The standard InChI is InChI=1S/C16H18F3NS/c1-3-10-20-11(2)14-8-9-15(21-14)12-6-4-5-7-13(12)16(17,18)19/h4-9,11,20H,3,10H2,1-2H3. The van der Waals surface area contributed by atoms with Crippen LogP contribution in [0.2, 0.25) is 0 Å². The fourth-order valence-corrected chi connectivity index (χ4v) is 3.21. The van der Waals surface area contributed by atoms with Crippen LogP contribution in [-0.4, -0.2) is 6.54 Å². The van der Waals surface area contributed by atoms with Crippen molar-refractivity contribution >= 4 is 11.3 Å². The molecular formula is C16H18F3NS. The van der Waals surface area contributed by atoms with Crippen molar-refractivity contribution in [2.24, 2.45) is 0 Å². The van der Waals surface area contributed by atoms with E-state index in [9.17, 15) is 13.2 Å². The van der Waals surface area contributed by atoms with Crippen LogP contribution in [0.1, 0.15) is 36.8 Å². The molecule has 114 valence electrons. The molecule has 1 aromatic heterocycles. The van der Waals surface area contributed by atoms with E-state index in [4.69, 9.17) is 0 Å². The number of thiophene rings is 1. The number of benzene rings is 1. The molecule has 1 aromatic carbocycles. The largest absolute Gasteiger partial charge is 0.417 e. The molecule has 0 amide bonds. The predicted octanol–water partition coefficient (Wildman–Crippen LogP) is 5.49. The Morgan fingerprint density at radius 2 is 1.86 bits per heavy atom. The molecule has 0 spiro atoms. The Balaban J connectivity index is 2.30. The van der Waals surface area contributed by atoms with Crippen LogP contribution in [-0.2, 0) is 6.18 Å². The van der Waals surface area contributed by atoms with E-state index in [0.29, 0.717) is 4.88 Å². The van der Waals surface area contributed by atoms with E-state index in [1.54, 1.807) is 12.1 Å². The summed E-state index contributed by atoms with van der Waals surface area (Å²) in [5.74, 6) is 0. The number of hydrogen-bond acceptors (Lipinski definition) is 2. The number of halogens is 3. The number of hydrogen-bond donors (Lipinski definition) is 1. The zero-order valence-corrected chi connectivity index (χ0v) is 12.8. The van der Waals surface area contributed by atoms with Gasteiger partial charge in [-0.3, -0.25) is 0 Å². The summed E-state index contributed by atoms with van der Waals surface area (Å²) in [4.78, 5) is 1.71. The van der Waals surface area contributed by atoms with Crippen molar-refractivity contribution in [3.8, 4) is 10.4 Å². The maximum absolute atomic E-state index is 13.1. The summed E-state index contributed by atoms with van der Waals surface area (Å²) in [5, 5.41) is 3.35. The van der Waals surface area contributed by atoms with Gasteiger partial charge in [0.1, 0.15) is 0 Å². The van der Waals surface area contributed by atoms with Gasteiger partial charge in [-0.15, -0.1) is 11.3 Å². The molecule has 0 aliphatic rings. The van der Waals surface area contributed by atoms with Gasteiger partial charge in [0.15, 0.2) is 0 Å². The van der Waals surface area contributed by atoms with E-state index in [1.807, 2.05) is 13.0 Å². The van der Waals surface area contributed by atoms with Gasteiger partial charge >= 0.3 is 6.18 Å². The first-order chi connectivity index (χ1) is 9.93. The van der Waals surface area contributed by atoms with Crippen molar-refractivity contribution in [2.75, 3.05) is 6.54 Å². The lowest BCUT2D eigenvalue weighted by atomic mass is 10.1. The molecule has 0 radical (unpaired) electrons. The van der Waals surface area contributed by atoms with Gasteiger partial charge in [-0.25, -0.2) is 0 Å². The Hall–Kier alpha value is -1.33. The van der Waals surface area contributed by atoms with Crippen LogP contribution in [0.3, 0.4) is 0 Å². The van der Waals surface area contributed by atoms with E-state index >= 15 is 0 Å². The number of alkyl halides is 3. The lowest BCUT2D eigenvalue weighted by Gasteiger charge is -2.12. The molecule has 5 heteroatoms. The number of nitrogens with one attached hydrogen (secondary N) is 1. The van der Waals surface area contributed by atoms with Crippen molar-refractivity contribution in [2.45, 2.75) is 32.5 Å². The minimum Gasteiger partial charge on any atom is -0.309 e. The maximum Gasteiger partial charge on any atom is 0.417 e. The highest BCUT2D eigenvalue weighted by molar-refractivity contribution is 7.15. The van der Waals surface area contributed by atoms with Crippen molar-refractivity contribution in [3.05, 3.63) is 46.8 Å². The topological polar surface area (TPSA) is 12.0 Å². The zero-order chi connectivity index (χ0) is 15.5. The van der Waals surface area contributed by atoms with Crippen LogP contribution >= 0.6 is 11.3 Å². The van der Waals surface area contributed by atoms with Crippen molar-refractivity contribution in [1.29, 1.82) is 0 Å². The quantitative estimate of drug-likeness (QED) is 0.769. The van der Waals surface area contributed by atoms with Gasteiger partial charge in [0.2, 0.25) is 0 Å². The van der Waals surface area contributed by atoms with Crippen LogP contribution < -0.4 is 5.32 Å². The second-order valence-electron chi connectivity index (χ2n) is 4.92. The summed E-state index contributed by atoms with van der Waals surface area (Å²) < 4.78 is 39.2. The van der Waals surface area contributed by atoms with Crippen LogP contribution in [0.25, 0.3) is 10.4 Å². The smallest absolute Gasteiger partial charge is 0.309 e. The van der Waals surface area contributed by atoms with Crippen molar-refractivity contribution < 1.29 is 13.2 Å². The van der Waals surface area contributed by atoms with E-state index in [-0.39, 0.29) is 11.6 Å². The Labute approximate surface area is 126 Å². The monoisotopic (exact) mass is 313 g/mol. The molecule has 2 aromatic rings. The summed E-state index contributed by atoms with van der Waals surface area (Å²) in [6, 6.07) is 9.56. The molecule has 0 saturated heterocycles. The first kappa shape index (κ1) is 16.0. The van der Waals surface area contributed by atoms with Gasteiger partial charge in [-0.05, 0) is 38.1 Å². The molecule has 0 fully saturated rings. The molecule has 1 atom stereocenters. The molecular weight excluding hydrogens is 295 g/mol. The lowest BCUT2D eigenvalue weighted by molar-refractivity contribution is -0.137. The molecule has 0 aliphatic carbocycles. The van der Waals surface area contributed by atoms with Gasteiger partial charge in [-0.2, -0.15) is 13.2 Å². The molecule has 0 saturated carbocycles. The Kier molecular flexibility index (Phi) is 5.06.